The molecule has 1 heterocycles. The summed E-state index contributed by atoms with van der Waals surface area (Å²) < 4.78 is 0. The van der Waals surface area contributed by atoms with Crippen molar-refractivity contribution < 1.29 is 4.79 Å². The zero-order valence-corrected chi connectivity index (χ0v) is 15.5. The number of aryl methyl sites for hydroxylation is 2. The molecule has 0 saturated carbocycles. The summed E-state index contributed by atoms with van der Waals surface area (Å²) in [5.74, 6) is -0.191. The molecule has 1 aliphatic heterocycles. The maximum atomic E-state index is 12.4. The molecular formula is C20H23N3OS. The van der Waals surface area contributed by atoms with Crippen LogP contribution in [-0.4, -0.2) is 24.1 Å². The van der Waals surface area contributed by atoms with Crippen molar-refractivity contribution in [2.45, 2.75) is 26.7 Å². The number of carbonyl (C=O) groups is 1. The van der Waals surface area contributed by atoms with Crippen LogP contribution in [0.15, 0.2) is 42.5 Å². The van der Waals surface area contributed by atoms with Crippen LogP contribution in [0.5, 0.6) is 0 Å². The third-order valence-electron chi connectivity index (χ3n) is 4.45. The number of nitrogens with zero attached hydrogens (tertiary/aromatic N) is 1. The molecule has 4 nitrogen and oxygen atoms in total. The van der Waals surface area contributed by atoms with Crippen molar-refractivity contribution >= 4 is 34.6 Å². The van der Waals surface area contributed by atoms with Gasteiger partial charge in [-0.2, -0.15) is 0 Å². The number of amides is 1. The molecule has 0 spiro atoms. The van der Waals surface area contributed by atoms with E-state index in [9.17, 15) is 4.79 Å². The molecule has 0 radical (unpaired) electrons. The van der Waals surface area contributed by atoms with Gasteiger partial charge in [-0.3, -0.25) is 10.1 Å². The average Bonchev–Trinajstić information content (AvgIpc) is 3.09. The van der Waals surface area contributed by atoms with Crippen LogP contribution in [0.4, 0.5) is 11.4 Å². The molecule has 25 heavy (non-hydrogen) atoms. The highest BCUT2D eigenvalue weighted by atomic mass is 32.1. The van der Waals surface area contributed by atoms with Crippen LogP contribution >= 0.6 is 12.2 Å². The van der Waals surface area contributed by atoms with Gasteiger partial charge in [-0.1, -0.05) is 17.7 Å². The Bertz CT molecular complexity index is 780. The quantitative estimate of drug-likeness (QED) is 0.818. The number of carbonyl (C=O) groups excluding carboxylic acids is 1. The predicted molar refractivity (Wildman–Crippen MR) is 107 cm³/mol. The van der Waals surface area contributed by atoms with E-state index in [1.807, 2.05) is 44.2 Å². The van der Waals surface area contributed by atoms with Crippen molar-refractivity contribution in [3.8, 4) is 0 Å². The molecule has 0 unspecified atom stereocenters. The molecule has 1 amide bonds. The first-order chi connectivity index (χ1) is 12.0. The third kappa shape index (κ3) is 4.37. The number of benzene rings is 2. The van der Waals surface area contributed by atoms with Crippen molar-refractivity contribution in [1.29, 1.82) is 0 Å². The minimum absolute atomic E-state index is 0.191. The molecule has 2 N–H and O–H groups in total. The Labute approximate surface area is 154 Å². The third-order valence-corrected chi connectivity index (χ3v) is 4.65. The molecule has 1 fully saturated rings. The van der Waals surface area contributed by atoms with Gasteiger partial charge in [0, 0.05) is 30.0 Å². The summed E-state index contributed by atoms with van der Waals surface area (Å²) in [6.07, 6.45) is 2.52. The molecule has 130 valence electrons. The van der Waals surface area contributed by atoms with Crippen molar-refractivity contribution in [3.05, 3.63) is 59.2 Å². The van der Waals surface area contributed by atoms with Gasteiger partial charge in [0.25, 0.3) is 5.91 Å². The number of hydrogen-bond donors (Lipinski definition) is 2. The molecule has 2 aromatic rings. The molecular weight excluding hydrogens is 330 g/mol. The minimum Gasteiger partial charge on any atom is -0.372 e. The van der Waals surface area contributed by atoms with Gasteiger partial charge in [-0.05, 0) is 74.8 Å². The molecule has 2 aromatic carbocycles. The number of rotatable bonds is 3. The molecule has 0 atom stereocenters. The van der Waals surface area contributed by atoms with Crippen molar-refractivity contribution in [2.75, 3.05) is 23.3 Å². The van der Waals surface area contributed by atoms with Crippen LogP contribution in [0.1, 0.15) is 34.3 Å². The van der Waals surface area contributed by atoms with Gasteiger partial charge in [0.15, 0.2) is 5.11 Å². The van der Waals surface area contributed by atoms with E-state index in [1.165, 1.54) is 18.5 Å². The zero-order chi connectivity index (χ0) is 17.8. The number of thiocarbonyl (C=S) groups is 1. The van der Waals surface area contributed by atoms with Gasteiger partial charge in [0.2, 0.25) is 0 Å². The Hall–Kier alpha value is -2.40. The summed E-state index contributed by atoms with van der Waals surface area (Å²) >= 11 is 5.27. The summed E-state index contributed by atoms with van der Waals surface area (Å²) in [6.45, 7) is 6.18. The van der Waals surface area contributed by atoms with Crippen molar-refractivity contribution in [3.63, 3.8) is 0 Å². The van der Waals surface area contributed by atoms with Gasteiger partial charge in [0.1, 0.15) is 0 Å². The highest BCUT2D eigenvalue weighted by molar-refractivity contribution is 7.80. The van der Waals surface area contributed by atoms with Crippen LogP contribution < -0.4 is 15.5 Å². The van der Waals surface area contributed by atoms with E-state index in [2.05, 4.69) is 27.7 Å². The first-order valence-electron chi connectivity index (χ1n) is 8.57. The van der Waals surface area contributed by atoms with Crippen LogP contribution in [0, 0.1) is 13.8 Å². The molecule has 0 bridgehead atoms. The monoisotopic (exact) mass is 353 g/mol. The lowest BCUT2D eigenvalue weighted by Gasteiger charge is -2.18. The summed E-state index contributed by atoms with van der Waals surface area (Å²) in [4.78, 5) is 14.7. The molecule has 1 aliphatic rings. The Kier molecular flexibility index (Phi) is 5.34. The number of nitrogens with one attached hydrogen (secondary N) is 2. The standard InChI is InChI=1S/C20H23N3OS/c1-14-5-10-18(15(2)13-14)19(24)22-20(25)21-16-6-8-17(9-7-16)23-11-3-4-12-23/h5-10,13H,3-4,11-12H2,1-2H3,(H2,21,22,24,25). The maximum absolute atomic E-state index is 12.4. The summed E-state index contributed by atoms with van der Waals surface area (Å²) in [6, 6.07) is 13.9. The van der Waals surface area contributed by atoms with E-state index < -0.39 is 0 Å². The highest BCUT2D eigenvalue weighted by Crippen LogP contribution is 2.22. The van der Waals surface area contributed by atoms with Crippen molar-refractivity contribution in [2.24, 2.45) is 0 Å². The predicted octanol–water partition coefficient (Wildman–Crippen LogP) is 4.03. The van der Waals surface area contributed by atoms with Gasteiger partial charge in [0.05, 0.1) is 0 Å². The summed E-state index contributed by atoms with van der Waals surface area (Å²) in [5.41, 5.74) is 4.81. The van der Waals surface area contributed by atoms with E-state index in [-0.39, 0.29) is 5.91 Å². The van der Waals surface area contributed by atoms with E-state index in [1.54, 1.807) is 0 Å². The molecule has 1 saturated heterocycles. The Balaban J connectivity index is 1.59. The normalized spacial score (nSPS) is 13.6. The summed E-state index contributed by atoms with van der Waals surface area (Å²) in [5, 5.41) is 6.12. The van der Waals surface area contributed by atoms with Crippen LogP contribution in [-0.2, 0) is 0 Å². The lowest BCUT2D eigenvalue weighted by Crippen LogP contribution is -2.34. The average molecular weight is 353 g/mol. The van der Waals surface area contributed by atoms with Crippen LogP contribution in [0.2, 0.25) is 0 Å². The second kappa shape index (κ2) is 7.66. The topological polar surface area (TPSA) is 44.4 Å². The maximum Gasteiger partial charge on any atom is 0.257 e. The van der Waals surface area contributed by atoms with Gasteiger partial charge in [-0.15, -0.1) is 0 Å². The van der Waals surface area contributed by atoms with E-state index >= 15 is 0 Å². The highest BCUT2D eigenvalue weighted by Gasteiger charge is 2.13. The molecule has 3 rings (SSSR count). The molecule has 5 heteroatoms. The number of hydrogen-bond acceptors (Lipinski definition) is 3. The lowest BCUT2D eigenvalue weighted by atomic mass is 10.1. The van der Waals surface area contributed by atoms with Gasteiger partial charge >= 0.3 is 0 Å². The van der Waals surface area contributed by atoms with E-state index in [4.69, 9.17) is 12.2 Å². The smallest absolute Gasteiger partial charge is 0.257 e. The number of anilines is 2. The second-order valence-corrected chi connectivity index (χ2v) is 6.88. The van der Waals surface area contributed by atoms with Crippen LogP contribution in [0.3, 0.4) is 0 Å². The fraction of sp³-hybridized carbons (Fsp3) is 0.300. The second-order valence-electron chi connectivity index (χ2n) is 6.47. The van der Waals surface area contributed by atoms with E-state index in [0.29, 0.717) is 10.7 Å². The Morgan fingerprint density at radius 1 is 1.04 bits per heavy atom. The molecule has 0 aliphatic carbocycles. The Morgan fingerprint density at radius 3 is 2.36 bits per heavy atom. The SMILES string of the molecule is Cc1ccc(C(=O)NC(=S)Nc2ccc(N3CCCC3)cc2)c(C)c1. The first kappa shape index (κ1) is 17.4. The van der Waals surface area contributed by atoms with Crippen molar-refractivity contribution in [1.82, 2.24) is 5.32 Å². The van der Waals surface area contributed by atoms with E-state index in [0.717, 1.165) is 29.9 Å². The zero-order valence-electron chi connectivity index (χ0n) is 14.6. The minimum atomic E-state index is -0.191. The van der Waals surface area contributed by atoms with Crippen LogP contribution in [0.25, 0.3) is 0 Å². The van der Waals surface area contributed by atoms with Gasteiger partial charge in [-0.25, -0.2) is 0 Å². The largest absolute Gasteiger partial charge is 0.372 e. The lowest BCUT2D eigenvalue weighted by molar-refractivity contribution is 0.0977. The van der Waals surface area contributed by atoms with Gasteiger partial charge < -0.3 is 10.2 Å². The summed E-state index contributed by atoms with van der Waals surface area (Å²) in [7, 11) is 0. The fourth-order valence-electron chi connectivity index (χ4n) is 3.13. The first-order valence-corrected chi connectivity index (χ1v) is 8.98. The molecule has 0 aromatic heterocycles. The fourth-order valence-corrected chi connectivity index (χ4v) is 3.34. The Morgan fingerprint density at radius 2 is 1.72 bits per heavy atom.